The number of rotatable bonds is 50. The summed E-state index contributed by atoms with van der Waals surface area (Å²) in [5, 5.41) is 23.3. The molecule has 0 aliphatic heterocycles. The summed E-state index contributed by atoms with van der Waals surface area (Å²) in [6, 6.07) is -0.547. The summed E-state index contributed by atoms with van der Waals surface area (Å²) in [6.07, 6.45) is 57.5. The van der Waals surface area contributed by atoms with Crippen LogP contribution in [0.4, 0.5) is 0 Å². The van der Waals surface area contributed by atoms with Crippen LogP contribution in [0.5, 0.6) is 0 Å². The second-order valence-electron chi connectivity index (χ2n) is 18.6. The third kappa shape index (κ3) is 46.1. The van der Waals surface area contributed by atoms with Crippen LogP contribution in [-0.4, -0.2) is 47.4 Å². The van der Waals surface area contributed by atoms with Crippen molar-refractivity contribution in [2.75, 3.05) is 13.2 Å². The van der Waals surface area contributed by atoms with E-state index in [9.17, 15) is 19.8 Å². The summed E-state index contributed by atoms with van der Waals surface area (Å²) >= 11 is 0. The lowest BCUT2D eigenvalue weighted by molar-refractivity contribution is -0.143. The number of ether oxygens (including phenoxy) is 1. The fraction of sp³-hybridized carbons (Fsp3) is 0.926. The molecule has 6 nitrogen and oxygen atoms in total. The third-order valence-electron chi connectivity index (χ3n) is 12.6. The molecule has 6 heteroatoms. The van der Waals surface area contributed by atoms with Gasteiger partial charge in [0.25, 0.3) is 0 Å². The maximum Gasteiger partial charge on any atom is 0.305 e. The highest BCUT2D eigenvalue weighted by Gasteiger charge is 2.20. The molecule has 2 unspecified atom stereocenters. The van der Waals surface area contributed by atoms with Crippen LogP contribution in [0.25, 0.3) is 0 Å². The molecule has 0 saturated heterocycles. The van der Waals surface area contributed by atoms with Crippen LogP contribution in [-0.2, 0) is 14.3 Å². The minimum atomic E-state index is -0.669. The summed E-state index contributed by atoms with van der Waals surface area (Å²) in [6.45, 7) is 4.91. The number of carbonyl (C=O) groups excluding carboxylic acids is 2. The van der Waals surface area contributed by atoms with Crippen LogP contribution >= 0.6 is 0 Å². The van der Waals surface area contributed by atoms with Crippen LogP contribution in [0.2, 0.25) is 0 Å². The van der Waals surface area contributed by atoms with E-state index in [-0.39, 0.29) is 18.5 Å². The Morgan fingerprint density at radius 3 is 1.23 bits per heavy atom. The van der Waals surface area contributed by atoms with Gasteiger partial charge < -0.3 is 20.3 Å². The lowest BCUT2D eigenvalue weighted by atomic mass is 10.0. The molecule has 60 heavy (non-hydrogen) atoms. The fourth-order valence-corrected chi connectivity index (χ4v) is 8.39. The van der Waals surface area contributed by atoms with Crippen LogP contribution in [0.3, 0.4) is 0 Å². The summed E-state index contributed by atoms with van der Waals surface area (Å²) in [5.74, 6) is -0.0517. The van der Waals surface area contributed by atoms with Crippen molar-refractivity contribution in [1.29, 1.82) is 0 Å². The van der Waals surface area contributed by atoms with Gasteiger partial charge in [-0.2, -0.15) is 0 Å². The molecule has 0 radical (unpaired) electrons. The molecule has 0 aromatic heterocycles. The van der Waals surface area contributed by atoms with Gasteiger partial charge in [0.2, 0.25) is 5.91 Å². The number of esters is 1. The van der Waals surface area contributed by atoms with Crippen molar-refractivity contribution in [1.82, 2.24) is 5.32 Å². The molecule has 0 spiro atoms. The Hall–Kier alpha value is -1.40. The Labute approximate surface area is 374 Å². The molecule has 0 aromatic carbocycles. The van der Waals surface area contributed by atoms with E-state index in [1.165, 1.54) is 212 Å². The van der Waals surface area contributed by atoms with Crippen LogP contribution in [0.15, 0.2) is 12.2 Å². The Kier molecular flexibility index (Phi) is 49.1. The van der Waals surface area contributed by atoms with E-state index in [0.29, 0.717) is 25.9 Å². The number of allylic oxidation sites excluding steroid dienone is 2. The van der Waals surface area contributed by atoms with Gasteiger partial charge in [0.15, 0.2) is 0 Å². The van der Waals surface area contributed by atoms with Crippen molar-refractivity contribution < 1.29 is 24.5 Å². The summed E-state index contributed by atoms with van der Waals surface area (Å²) < 4.78 is 5.44. The van der Waals surface area contributed by atoms with Gasteiger partial charge in [-0.15, -0.1) is 0 Å². The first-order chi connectivity index (χ1) is 29.5. The highest BCUT2D eigenvalue weighted by atomic mass is 16.5. The molecule has 0 aliphatic carbocycles. The van der Waals surface area contributed by atoms with Gasteiger partial charge in [-0.25, -0.2) is 0 Å². The maximum atomic E-state index is 12.5. The summed E-state index contributed by atoms with van der Waals surface area (Å²) in [4.78, 5) is 24.4. The summed E-state index contributed by atoms with van der Waals surface area (Å²) in [7, 11) is 0. The Morgan fingerprint density at radius 2 is 0.800 bits per heavy atom. The van der Waals surface area contributed by atoms with Crippen molar-refractivity contribution in [3.8, 4) is 0 Å². The van der Waals surface area contributed by atoms with Crippen LogP contribution in [0.1, 0.15) is 296 Å². The number of amides is 1. The lowest BCUT2D eigenvalue weighted by Crippen LogP contribution is -2.45. The zero-order valence-electron chi connectivity index (χ0n) is 40.5. The van der Waals surface area contributed by atoms with Crippen LogP contribution in [0, 0.1) is 0 Å². The molecule has 2 atom stereocenters. The molecular formula is C54H105NO5. The van der Waals surface area contributed by atoms with E-state index < -0.39 is 12.1 Å². The number of hydrogen-bond donors (Lipinski definition) is 3. The molecule has 0 bridgehead atoms. The van der Waals surface area contributed by atoms with E-state index in [2.05, 4.69) is 31.3 Å². The monoisotopic (exact) mass is 848 g/mol. The van der Waals surface area contributed by atoms with E-state index in [1.54, 1.807) is 0 Å². The topological polar surface area (TPSA) is 95.9 Å². The van der Waals surface area contributed by atoms with Gasteiger partial charge in [-0.1, -0.05) is 251 Å². The summed E-state index contributed by atoms with van der Waals surface area (Å²) in [5.41, 5.74) is 0. The lowest BCUT2D eigenvalue weighted by Gasteiger charge is -2.22. The second kappa shape index (κ2) is 50.2. The standard InChI is InChI=1S/C54H105NO5/c1-3-5-7-9-11-13-15-16-17-18-20-23-27-30-34-38-42-46-52(57)51(50-56)55-53(58)47-43-39-35-31-28-24-21-19-22-25-29-33-37-41-45-49-60-54(59)48-44-40-36-32-26-14-12-10-8-6-4-2/h10,12,51-52,56-57H,3-9,11,13-50H2,1-2H3,(H,55,58)/b12-10-. The van der Waals surface area contributed by atoms with E-state index in [4.69, 9.17) is 4.74 Å². The Balaban J connectivity index is 3.44. The Bertz CT molecular complexity index is 893. The van der Waals surface area contributed by atoms with E-state index in [1.807, 2.05) is 0 Å². The van der Waals surface area contributed by atoms with Gasteiger partial charge in [-0.05, 0) is 44.9 Å². The minimum Gasteiger partial charge on any atom is -0.466 e. The van der Waals surface area contributed by atoms with E-state index >= 15 is 0 Å². The number of unbranched alkanes of at least 4 members (excludes halogenated alkanes) is 37. The largest absolute Gasteiger partial charge is 0.466 e. The molecule has 0 fully saturated rings. The molecule has 0 aromatic rings. The number of aliphatic hydroxyl groups excluding tert-OH is 2. The van der Waals surface area contributed by atoms with Gasteiger partial charge in [0.05, 0.1) is 25.4 Å². The predicted molar refractivity (Wildman–Crippen MR) is 260 cm³/mol. The SMILES string of the molecule is CCCC/C=C\CCCCCCCC(=O)OCCCCCCCCCCCCCCCCCC(=O)NC(CO)C(O)CCCCCCCCCCCCCCCCCCC. The molecule has 356 valence electrons. The molecular weight excluding hydrogens is 743 g/mol. The molecule has 0 aliphatic rings. The van der Waals surface area contributed by atoms with Crippen molar-refractivity contribution in [2.45, 2.75) is 309 Å². The molecule has 0 saturated carbocycles. The molecule has 3 N–H and O–H groups in total. The normalized spacial score (nSPS) is 12.7. The van der Waals surface area contributed by atoms with E-state index in [0.717, 1.165) is 51.4 Å². The smallest absolute Gasteiger partial charge is 0.305 e. The van der Waals surface area contributed by atoms with Crippen molar-refractivity contribution in [3.63, 3.8) is 0 Å². The van der Waals surface area contributed by atoms with Gasteiger partial charge in [0.1, 0.15) is 0 Å². The van der Waals surface area contributed by atoms with Crippen LogP contribution < -0.4 is 5.32 Å². The third-order valence-corrected chi connectivity index (χ3v) is 12.6. The average molecular weight is 848 g/mol. The minimum absolute atomic E-state index is 0.00996. The van der Waals surface area contributed by atoms with Crippen molar-refractivity contribution >= 4 is 11.9 Å². The molecule has 0 rings (SSSR count). The zero-order chi connectivity index (χ0) is 43.7. The highest BCUT2D eigenvalue weighted by Crippen LogP contribution is 2.17. The first-order valence-corrected chi connectivity index (χ1v) is 26.9. The first-order valence-electron chi connectivity index (χ1n) is 26.9. The number of nitrogens with one attached hydrogen (secondary N) is 1. The second-order valence-corrected chi connectivity index (χ2v) is 18.6. The molecule has 1 amide bonds. The number of carbonyl (C=O) groups is 2. The fourth-order valence-electron chi connectivity index (χ4n) is 8.39. The quantitative estimate of drug-likeness (QED) is 0.0322. The van der Waals surface area contributed by atoms with Gasteiger partial charge >= 0.3 is 5.97 Å². The first kappa shape index (κ1) is 58.6. The number of hydrogen-bond acceptors (Lipinski definition) is 5. The van der Waals surface area contributed by atoms with Gasteiger partial charge in [-0.3, -0.25) is 9.59 Å². The molecule has 0 heterocycles. The van der Waals surface area contributed by atoms with Gasteiger partial charge in [0, 0.05) is 12.8 Å². The zero-order valence-corrected chi connectivity index (χ0v) is 40.5. The highest BCUT2D eigenvalue weighted by molar-refractivity contribution is 5.76. The average Bonchev–Trinajstić information content (AvgIpc) is 3.25. The predicted octanol–water partition coefficient (Wildman–Crippen LogP) is 16.1. The Morgan fingerprint density at radius 1 is 0.450 bits per heavy atom. The number of aliphatic hydroxyl groups is 2. The van der Waals surface area contributed by atoms with Crippen molar-refractivity contribution in [2.24, 2.45) is 0 Å². The maximum absolute atomic E-state index is 12.5. The van der Waals surface area contributed by atoms with Crippen molar-refractivity contribution in [3.05, 3.63) is 12.2 Å².